The summed E-state index contributed by atoms with van der Waals surface area (Å²) < 4.78 is 0. The van der Waals surface area contributed by atoms with Gasteiger partial charge in [-0.1, -0.05) is 71.6 Å². The zero-order valence-corrected chi connectivity index (χ0v) is 15.6. The van der Waals surface area contributed by atoms with Gasteiger partial charge in [-0.3, -0.25) is 14.4 Å². The number of thiazole rings is 1. The van der Waals surface area contributed by atoms with E-state index in [1.54, 1.807) is 12.1 Å². The first-order chi connectivity index (χ1) is 13.1. The molecule has 0 aliphatic carbocycles. The Hall–Kier alpha value is -2.64. The van der Waals surface area contributed by atoms with E-state index in [9.17, 15) is 14.4 Å². The van der Waals surface area contributed by atoms with Gasteiger partial charge in [0.05, 0.1) is 16.6 Å². The number of aromatic nitrogens is 1. The smallest absolute Gasteiger partial charge is 0.305 e. The van der Waals surface area contributed by atoms with Crippen molar-refractivity contribution in [2.45, 2.75) is 16.2 Å². The standard InChI is InChI=1S/C20H14N2O3S2/c23-18-14-13(11-7-3-1-4-8-11)15-17(21-20(25)27-15)26-16(14)19(24)22(18)12-9-5-2-6-10-12/h1-10,13-14,16H,(H,21,25)/t13-,14+,16+/m0/s1. The van der Waals surface area contributed by atoms with Crippen LogP contribution < -0.4 is 9.77 Å². The quantitative estimate of drug-likeness (QED) is 0.678. The zero-order chi connectivity index (χ0) is 18.5. The van der Waals surface area contributed by atoms with Gasteiger partial charge in [-0.15, -0.1) is 0 Å². The van der Waals surface area contributed by atoms with E-state index in [-0.39, 0.29) is 22.6 Å². The number of aromatic amines is 1. The minimum absolute atomic E-state index is 0.159. The zero-order valence-electron chi connectivity index (χ0n) is 14.0. The normalized spacial score (nSPS) is 24.0. The molecule has 0 saturated carbocycles. The predicted octanol–water partition coefficient (Wildman–Crippen LogP) is 3.23. The minimum Gasteiger partial charge on any atom is -0.307 e. The number of nitrogens with zero attached hydrogens (tertiary/aromatic N) is 1. The summed E-state index contributed by atoms with van der Waals surface area (Å²) in [5.41, 5.74) is 1.53. The Labute approximate surface area is 163 Å². The number of amides is 2. The van der Waals surface area contributed by atoms with Crippen LogP contribution in [-0.4, -0.2) is 22.0 Å². The highest BCUT2D eigenvalue weighted by molar-refractivity contribution is 8.00. The van der Waals surface area contributed by atoms with Crippen LogP contribution in [0.4, 0.5) is 5.69 Å². The van der Waals surface area contributed by atoms with Crippen LogP contribution in [-0.2, 0) is 9.59 Å². The topological polar surface area (TPSA) is 70.2 Å². The third kappa shape index (κ3) is 2.49. The number of para-hydroxylation sites is 1. The Morgan fingerprint density at radius 3 is 2.22 bits per heavy atom. The van der Waals surface area contributed by atoms with Gasteiger partial charge in [0.15, 0.2) is 0 Å². The van der Waals surface area contributed by atoms with Crippen molar-refractivity contribution < 1.29 is 9.59 Å². The van der Waals surface area contributed by atoms with Crippen LogP contribution >= 0.6 is 23.1 Å². The van der Waals surface area contributed by atoms with Gasteiger partial charge in [-0.25, -0.2) is 4.90 Å². The summed E-state index contributed by atoms with van der Waals surface area (Å²) in [6.45, 7) is 0. The molecule has 27 heavy (non-hydrogen) atoms. The van der Waals surface area contributed by atoms with Crippen molar-refractivity contribution in [2.75, 3.05) is 4.90 Å². The van der Waals surface area contributed by atoms with Gasteiger partial charge in [-0.05, 0) is 17.7 Å². The molecule has 0 spiro atoms. The van der Waals surface area contributed by atoms with Gasteiger partial charge in [0.1, 0.15) is 5.25 Å². The molecule has 7 heteroatoms. The van der Waals surface area contributed by atoms with Crippen LogP contribution in [0.2, 0.25) is 0 Å². The first kappa shape index (κ1) is 16.5. The van der Waals surface area contributed by atoms with E-state index in [1.807, 2.05) is 48.5 Å². The highest BCUT2D eigenvalue weighted by Crippen LogP contribution is 2.52. The van der Waals surface area contributed by atoms with Gasteiger partial charge in [0.25, 0.3) is 0 Å². The summed E-state index contributed by atoms with van der Waals surface area (Å²) in [6.07, 6.45) is 0. The van der Waals surface area contributed by atoms with E-state index in [1.165, 1.54) is 16.7 Å². The van der Waals surface area contributed by atoms with E-state index in [2.05, 4.69) is 4.98 Å². The van der Waals surface area contributed by atoms with Crippen molar-refractivity contribution in [3.05, 3.63) is 80.8 Å². The molecular formula is C20H14N2O3S2. The van der Waals surface area contributed by atoms with Gasteiger partial charge >= 0.3 is 4.87 Å². The number of fused-ring (bicyclic) bond motifs is 2. The first-order valence-electron chi connectivity index (χ1n) is 8.52. The largest absolute Gasteiger partial charge is 0.307 e. The lowest BCUT2D eigenvalue weighted by molar-refractivity contribution is -0.122. The number of carbonyl (C=O) groups is 2. The lowest BCUT2D eigenvalue weighted by atomic mass is 9.83. The van der Waals surface area contributed by atoms with Crippen molar-refractivity contribution in [1.29, 1.82) is 0 Å². The van der Waals surface area contributed by atoms with Crippen molar-refractivity contribution in [1.82, 2.24) is 4.98 Å². The first-order valence-corrected chi connectivity index (χ1v) is 10.2. The van der Waals surface area contributed by atoms with Crippen LogP contribution in [0.5, 0.6) is 0 Å². The fourth-order valence-corrected chi connectivity index (χ4v) is 6.38. The molecule has 0 radical (unpaired) electrons. The van der Waals surface area contributed by atoms with Gasteiger partial charge in [0, 0.05) is 10.8 Å². The summed E-state index contributed by atoms with van der Waals surface area (Å²) in [6, 6.07) is 18.7. The van der Waals surface area contributed by atoms with Crippen LogP contribution in [0.15, 0.2) is 70.5 Å². The number of carbonyl (C=O) groups excluding carboxylic acids is 2. The van der Waals surface area contributed by atoms with E-state index in [4.69, 9.17) is 0 Å². The fraction of sp³-hybridized carbons (Fsp3) is 0.150. The van der Waals surface area contributed by atoms with E-state index in [0.29, 0.717) is 10.7 Å². The van der Waals surface area contributed by atoms with E-state index < -0.39 is 11.2 Å². The molecule has 5 rings (SSSR count). The average molecular weight is 394 g/mol. The number of hydrogen-bond donors (Lipinski definition) is 1. The molecule has 1 N–H and O–H groups in total. The molecule has 1 fully saturated rings. The van der Waals surface area contributed by atoms with Crippen LogP contribution in [0.25, 0.3) is 0 Å². The van der Waals surface area contributed by atoms with E-state index >= 15 is 0 Å². The number of anilines is 1. The molecule has 2 aliphatic heterocycles. The van der Waals surface area contributed by atoms with Gasteiger partial charge in [-0.2, -0.15) is 0 Å². The second-order valence-corrected chi connectivity index (χ2v) is 8.67. The second kappa shape index (κ2) is 6.21. The Bertz CT molecular complexity index is 1090. The van der Waals surface area contributed by atoms with Crippen LogP contribution in [0.3, 0.4) is 0 Å². The molecule has 0 unspecified atom stereocenters. The third-order valence-electron chi connectivity index (χ3n) is 5.00. The number of nitrogens with one attached hydrogen (secondary N) is 1. The number of thioether (sulfide) groups is 1. The number of imide groups is 1. The second-order valence-electron chi connectivity index (χ2n) is 6.51. The molecular weight excluding hydrogens is 380 g/mol. The summed E-state index contributed by atoms with van der Waals surface area (Å²) in [7, 11) is 0. The maximum atomic E-state index is 13.4. The molecule has 5 nitrogen and oxygen atoms in total. The lowest BCUT2D eigenvalue weighted by Gasteiger charge is -2.29. The molecule has 1 aromatic heterocycles. The highest BCUT2D eigenvalue weighted by Gasteiger charge is 2.56. The SMILES string of the molecule is O=C1[C@@H]2[C@H](c3ccccc3)c3sc(=O)[nH]c3S[C@H]2C(=O)N1c1ccccc1. The van der Waals surface area contributed by atoms with Crippen molar-refractivity contribution >= 4 is 40.6 Å². The predicted molar refractivity (Wildman–Crippen MR) is 105 cm³/mol. The molecule has 2 amide bonds. The Kier molecular flexibility index (Phi) is 3.80. The van der Waals surface area contributed by atoms with Crippen LogP contribution in [0, 0.1) is 5.92 Å². The molecule has 3 aromatic rings. The maximum absolute atomic E-state index is 13.4. The average Bonchev–Trinajstić information content (AvgIpc) is 3.18. The molecule has 3 heterocycles. The molecule has 1 saturated heterocycles. The number of hydrogen-bond acceptors (Lipinski definition) is 5. The molecule has 0 bridgehead atoms. The molecule has 134 valence electrons. The monoisotopic (exact) mass is 394 g/mol. The number of rotatable bonds is 2. The summed E-state index contributed by atoms with van der Waals surface area (Å²) in [4.78, 5) is 43.3. The van der Waals surface area contributed by atoms with Gasteiger partial charge < -0.3 is 4.98 Å². The highest BCUT2D eigenvalue weighted by atomic mass is 32.2. The molecule has 2 aliphatic rings. The number of benzene rings is 2. The maximum Gasteiger partial charge on any atom is 0.305 e. The Morgan fingerprint density at radius 1 is 0.852 bits per heavy atom. The Balaban J connectivity index is 1.67. The van der Waals surface area contributed by atoms with Crippen LogP contribution in [0.1, 0.15) is 16.4 Å². The lowest BCUT2D eigenvalue weighted by Crippen LogP contribution is -2.32. The van der Waals surface area contributed by atoms with Crippen molar-refractivity contribution in [3.8, 4) is 0 Å². The Morgan fingerprint density at radius 2 is 1.52 bits per heavy atom. The van der Waals surface area contributed by atoms with Gasteiger partial charge in [0.2, 0.25) is 11.8 Å². The summed E-state index contributed by atoms with van der Waals surface area (Å²) in [5.74, 6) is -1.26. The molecule has 3 atom stereocenters. The molecule has 2 aromatic carbocycles. The minimum atomic E-state index is -0.541. The van der Waals surface area contributed by atoms with Crippen molar-refractivity contribution in [2.24, 2.45) is 5.92 Å². The summed E-state index contributed by atoms with van der Waals surface area (Å²) in [5, 5.41) is 0.164. The third-order valence-corrected chi connectivity index (χ3v) is 7.40. The fourth-order valence-electron chi connectivity index (χ4n) is 3.87. The van der Waals surface area contributed by atoms with Crippen molar-refractivity contribution in [3.63, 3.8) is 0 Å². The van der Waals surface area contributed by atoms with E-state index in [0.717, 1.165) is 21.8 Å². The number of H-pyrrole nitrogens is 1. The summed E-state index contributed by atoms with van der Waals surface area (Å²) >= 11 is 2.43.